The van der Waals surface area contributed by atoms with E-state index in [0.717, 1.165) is 25.9 Å². The molecule has 0 amide bonds. The Morgan fingerprint density at radius 2 is 2.15 bits per heavy atom. The Kier molecular flexibility index (Phi) is 5.03. The maximum absolute atomic E-state index is 14.0. The molecular weight excluding hydrogens is 263 g/mol. The fourth-order valence-corrected chi connectivity index (χ4v) is 2.54. The van der Waals surface area contributed by atoms with Crippen LogP contribution in [-0.4, -0.2) is 35.6 Å². The van der Waals surface area contributed by atoms with Crippen LogP contribution in [0.3, 0.4) is 0 Å². The van der Waals surface area contributed by atoms with E-state index < -0.39 is 16.4 Å². The number of halogens is 1. The summed E-state index contributed by atoms with van der Waals surface area (Å²) in [5, 5.41) is 10.7. The van der Waals surface area contributed by atoms with Crippen molar-refractivity contribution in [3.63, 3.8) is 0 Å². The smallest absolute Gasteiger partial charge is 0.305 e. The van der Waals surface area contributed by atoms with Crippen molar-refractivity contribution >= 4 is 5.69 Å². The molecule has 1 fully saturated rings. The van der Waals surface area contributed by atoms with Crippen molar-refractivity contribution in [2.24, 2.45) is 0 Å². The molecule has 1 aromatic rings. The Balaban J connectivity index is 1.98. The van der Waals surface area contributed by atoms with Crippen molar-refractivity contribution in [2.75, 3.05) is 19.7 Å². The molecule has 0 N–H and O–H groups in total. The Labute approximate surface area is 117 Å². The molecule has 0 aromatic heterocycles. The van der Waals surface area contributed by atoms with Gasteiger partial charge in [0.25, 0.3) is 0 Å². The maximum Gasteiger partial charge on any atom is 0.305 e. The summed E-state index contributed by atoms with van der Waals surface area (Å²) in [6, 6.07) is 4.33. The zero-order valence-electron chi connectivity index (χ0n) is 11.5. The second-order valence-electron chi connectivity index (χ2n) is 4.94. The molecule has 1 aliphatic heterocycles. The zero-order valence-corrected chi connectivity index (χ0v) is 11.5. The van der Waals surface area contributed by atoms with E-state index in [1.165, 1.54) is 12.1 Å². The van der Waals surface area contributed by atoms with Crippen LogP contribution in [0.25, 0.3) is 0 Å². The highest BCUT2D eigenvalue weighted by Gasteiger charge is 2.22. The van der Waals surface area contributed by atoms with Crippen molar-refractivity contribution < 1.29 is 14.1 Å². The lowest BCUT2D eigenvalue weighted by Gasteiger charge is -2.31. The van der Waals surface area contributed by atoms with E-state index in [9.17, 15) is 14.5 Å². The van der Waals surface area contributed by atoms with Crippen molar-refractivity contribution in [3.8, 4) is 0 Å². The normalized spacial score (nSPS) is 17.3. The SMILES string of the molecule is CCOC1CCN(Cc2cccc([N+](=O)[O-])c2F)CC1. The van der Waals surface area contributed by atoms with Gasteiger partial charge in [-0.2, -0.15) is 4.39 Å². The van der Waals surface area contributed by atoms with Crippen LogP contribution in [0.4, 0.5) is 10.1 Å². The fourth-order valence-electron chi connectivity index (χ4n) is 2.54. The highest BCUT2D eigenvalue weighted by molar-refractivity contribution is 5.36. The quantitative estimate of drug-likeness (QED) is 0.615. The predicted octanol–water partition coefficient (Wildman–Crippen LogP) is 2.73. The molecule has 1 heterocycles. The molecule has 0 saturated carbocycles. The van der Waals surface area contributed by atoms with Crippen LogP contribution in [0.15, 0.2) is 18.2 Å². The minimum atomic E-state index is -0.718. The maximum atomic E-state index is 14.0. The average molecular weight is 282 g/mol. The number of nitro benzene ring substituents is 1. The minimum absolute atomic E-state index is 0.284. The monoisotopic (exact) mass is 282 g/mol. The summed E-state index contributed by atoms with van der Waals surface area (Å²) in [6.07, 6.45) is 2.13. The summed E-state index contributed by atoms with van der Waals surface area (Å²) in [7, 11) is 0. The van der Waals surface area contributed by atoms with Crippen LogP contribution in [0.5, 0.6) is 0 Å². The van der Waals surface area contributed by atoms with Crippen LogP contribution in [-0.2, 0) is 11.3 Å². The number of nitro groups is 1. The lowest BCUT2D eigenvalue weighted by molar-refractivity contribution is -0.387. The number of likely N-dealkylation sites (tertiary alicyclic amines) is 1. The molecule has 0 atom stereocenters. The van der Waals surface area contributed by atoms with Gasteiger partial charge in [-0.15, -0.1) is 0 Å². The number of benzene rings is 1. The van der Waals surface area contributed by atoms with Crippen molar-refractivity contribution in [3.05, 3.63) is 39.7 Å². The van der Waals surface area contributed by atoms with Gasteiger partial charge in [-0.05, 0) is 19.8 Å². The lowest BCUT2D eigenvalue weighted by atomic mass is 10.1. The van der Waals surface area contributed by atoms with E-state index in [1.807, 2.05) is 6.92 Å². The van der Waals surface area contributed by atoms with E-state index >= 15 is 0 Å². The average Bonchev–Trinajstić information content (AvgIpc) is 2.43. The van der Waals surface area contributed by atoms with Gasteiger partial charge in [0.2, 0.25) is 5.82 Å². The van der Waals surface area contributed by atoms with Gasteiger partial charge in [-0.3, -0.25) is 15.0 Å². The van der Waals surface area contributed by atoms with Crippen molar-refractivity contribution in [1.29, 1.82) is 0 Å². The number of nitrogens with zero attached hydrogens (tertiary/aromatic N) is 2. The van der Waals surface area contributed by atoms with E-state index in [0.29, 0.717) is 18.7 Å². The third-order valence-electron chi connectivity index (χ3n) is 3.59. The van der Waals surface area contributed by atoms with Gasteiger partial charge < -0.3 is 4.74 Å². The van der Waals surface area contributed by atoms with Crippen LogP contribution >= 0.6 is 0 Å². The summed E-state index contributed by atoms with van der Waals surface area (Å²) >= 11 is 0. The topological polar surface area (TPSA) is 55.6 Å². The summed E-state index contributed by atoms with van der Waals surface area (Å²) in [5.74, 6) is -0.718. The van der Waals surface area contributed by atoms with Gasteiger partial charge in [0.1, 0.15) is 0 Å². The third kappa shape index (κ3) is 3.52. The Hall–Kier alpha value is -1.53. The first kappa shape index (κ1) is 14.9. The Morgan fingerprint density at radius 3 is 2.75 bits per heavy atom. The van der Waals surface area contributed by atoms with Crippen LogP contribution in [0.2, 0.25) is 0 Å². The van der Waals surface area contributed by atoms with E-state index in [1.54, 1.807) is 6.07 Å². The molecule has 2 rings (SSSR count). The van der Waals surface area contributed by atoms with Gasteiger partial charge in [0.15, 0.2) is 0 Å². The van der Waals surface area contributed by atoms with Gasteiger partial charge in [-0.25, -0.2) is 0 Å². The van der Waals surface area contributed by atoms with Gasteiger partial charge in [-0.1, -0.05) is 12.1 Å². The first-order valence-corrected chi connectivity index (χ1v) is 6.87. The number of rotatable bonds is 5. The molecular formula is C14H19FN2O3. The van der Waals surface area contributed by atoms with E-state index in [4.69, 9.17) is 4.74 Å². The van der Waals surface area contributed by atoms with Crippen molar-refractivity contribution in [1.82, 2.24) is 4.90 Å². The lowest BCUT2D eigenvalue weighted by Crippen LogP contribution is -2.36. The fraction of sp³-hybridized carbons (Fsp3) is 0.571. The van der Waals surface area contributed by atoms with Gasteiger partial charge in [0.05, 0.1) is 11.0 Å². The summed E-state index contributed by atoms with van der Waals surface area (Å²) < 4.78 is 19.5. The second kappa shape index (κ2) is 6.76. The highest BCUT2D eigenvalue weighted by atomic mass is 19.1. The standard InChI is InChI=1S/C14H19FN2O3/c1-2-20-12-6-8-16(9-7-12)10-11-4-3-5-13(14(11)15)17(18)19/h3-5,12H,2,6-10H2,1H3. The molecule has 5 nitrogen and oxygen atoms in total. The molecule has 0 unspecified atom stereocenters. The summed E-state index contributed by atoms with van der Waals surface area (Å²) in [6.45, 7) is 4.75. The Morgan fingerprint density at radius 1 is 1.45 bits per heavy atom. The van der Waals surface area contributed by atoms with Crippen LogP contribution in [0, 0.1) is 15.9 Å². The summed E-state index contributed by atoms with van der Waals surface area (Å²) in [5.41, 5.74) is -0.0687. The molecule has 20 heavy (non-hydrogen) atoms. The first-order valence-electron chi connectivity index (χ1n) is 6.87. The van der Waals surface area contributed by atoms with Crippen molar-refractivity contribution in [2.45, 2.75) is 32.4 Å². The molecule has 0 bridgehead atoms. The van der Waals surface area contributed by atoms with E-state index in [-0.39, 0.29) is 6.10 Å². The first-order chi connectivity index (χ1) is 9.61. The summed E-state index contributed by atoms with van der Waals surface area (Å²) in [4.78, 5) is 12.1. The number of hydrogen-bond donors (Lipinski definition) is 0. The molecule has 0 spiro atoms. The molecule has 1 saturated heterocycles. The molecule has 110 valence electrons. The molecule has 1 aliphatic rings. The van der Waals surface area contributed by atoms with E-state index in [2.05, 4.69) is 4.90 Å². The molecule has 0 aliphatic carbocycles. The second-order valence-corrected chi connectivity index (χ2v) is 4.94. The minimum Gasteiger partial charge on any atom is -0.378 e. The number of ether oxygens (including phenoxy) is 1. The Bertz CT molecular complexity index is 473. The van der Waals surface area contributed by atoms with Gasteiger partial charge >= 0.3 is 5.69 Å². The predicted molar refractivity (Wildman–Crippen MR) is 73.0 cm³/mol. The zero-order chi connectivity index (χ0) is 14.5. The number of piperidine rings is 1. The molecule has 0 radical (unpaired) electrons. The van der Waals surface area contributed by atoms with Crippen LogP contribution in [0.1, 0.15) is 25.3 Å². The molecule has 6 heteroatoms. The third-order valence-corrected chi connectivity index (χ3v) is 3.59. The van der Waals surface area contributed by atoms with Crippen LogP contribution < -0.4 is 0 Å². The molecule has 1 aromatic carbocycles. The number of hydrogen-bond acceptors (Lipinski definition) is 4. The highest BCUT2D eigenvalue weighted by Crippen LogP contribution is 2.23. The van der Waals surface area contributed by atoms with Gasteiger partial charge in [0, 0.05) is 37.9 Å². The largest absolute Gasteiger partial charge is 0.378 e.